The third-order valence-electron chi connectivity index (χ3n) is 4.02. The summed E-state index contributed by atoms with van der Waals surface area (Å²) in [6, 6.07) is 14.2. The minimum atomic E-state index is -2.18. The largest absolute Gasteiger partial charge is 0.497 e. The molecule has 116 valence electrons. The normalized spacial score (nSPS) is 13.1. The van der Waals surface area contributed by atoms with Crippen LogP contribution in [-0.2, 0) is 0 Å². The monoisotopic (exact) mass is 314 g/mol. The Hall–Kier alpha value is -2.20. The molecule has 4 heteroatoms. The van der Waals surface area contributed by atoms with E-state index in [-0.39, 0.29) is 0 Å². The zero-order valence-electron chi connectivity index (χ0n) is 13.6. The van der Waals surface area contributed by atoms with Crippen molar-refractivity contribution in [3.63, 3.8) is 0 Å². The molecule has 1 atom stereocenters. The van der Waals surface area contributed by atoms with Crippen molar-refractivity contribution in [3.8, 4) is 17.2 Å². The molecule has 0 amide bonds. The van der Waals surface area contributed by atoms with Crippen LogP contribution in [0.1, 0.15) is 0 Å². The molecule has 3 nitrogen and oxygen atoms in total. The highest BCUT2D eigenvalue weighted by molar-refractivity contribution is 7.05. The van der Waals surface area contributed by atoms with Gasteiger partial charge in [-0.1, -0.05) is 42.6 Å². The van der Waals surface area contributed by atoms with Crippen molar-refractivity contribution in [1.29, 1.82) is 0 Å². The highest BCUT2D eigenvalue weighted by atomic mass is 28.3. The first-order valence-electron chi connectivity index (χ1n) is 7.10. The van der Waals surface area contributed by atoms with Gasteiger partial charge in [-0.05, 0) is 5.19 Å². The standard InChI is InChI=1S/C18H22O3Si/c1-6-22(5,15-10-8-7-9-11-15)18-16(20-3)12-14(19-2)13-17(18)21-4/h6-13H,1H2,2-5H3/t22-/m1/s1. The van der Waals surface area contributed by atoms with E-state index >= 15 is 0 Å². The van der Waals surface area contributed by atoms with Crippen molar-refractivity contribution < 1.29 is 14.2 Å². The van der Waals surface area contributed by atoms with Crippen molar-refractivity contribution >= 4 is 18.4 Å². The number of methoxy groups -OCH3 is 3. The third kappa shape index (κ3) is 2.74. The fraction of sp³-hybridized carbons (Fsp3) is 0.222. The quantitative estimate of drug-likeness (QED) is 0.767. The Morgan fingerprint density at radius 1 is 0.909 bits per heavy atom. The van der Waals surface area contributed by atoms with Gasteiger partial charge in [0, 0.05) is 17.3 Å². The smallest absolute Gasteiger partial charge is 0.147 e. The summed E-state index contributed by atoms with van der Waals surface area (Å²) in [6.45, 7) is 6.34. The van der Waals surface area contributed by atoms with E-state index in [2.05, 4.69) is 31.0 Å². The predicted molar refractivity (Wildman–Crippen MR) is 93.6 cm³/mol. The van der Waals surface area contributed by atoms with Gasteiger partial charge < -0.3 is 14.2 Å². The maximum Gasteiger partial charge on any atom is 0.147 e. The molecule has 0 saturated heterocycles. The van der Waals surface area contributed by atoms with E-state index in [1.165, 1.54) is 5.19 Å². The molecule has 0 saturated carbocycles. The van der Waals surface area contributed by atoms with Gasteiger partial charge in [0.05, 0.1) is 21.3 Å². The summed E-state index contributed by atoms with van der Waals surface area (Å²) in [5.41, 5.74) is 2.05. The van der Waals surface area contributed by atoms with Crippen LogP contribution in [-0.4, -0.2) is 29.4 Å². The molecule has 2 aromatic carbocycles. The minimum Gasteiger partial charge on any atom is -0.497 e. The van der Waals surface area contributed by atoms with Crippen LogP contribution in [0.25, 0.3) is 0 Å². The lowest BCUT2D eigenvalue weighted by Gasteiger charge is -2.28. The third-order valence-corrected chi connectivity index (χ3v) is 7.90. The number of rotatable bonds is 6. The number of hydrogen-bond acceptors (Lipinski definition) is 3. The predicted octanol–water partition coefficient (Wildman–Crippen LogP) is 2.63. The summed E-state index contributed by atoms with van der Waals surface area (Å²) in [7, 11) is 2.78. The molecular formula is C18H22O3Si. The summed E-state index contributed by atoms with van der Waals surface area (Å²) in [5.74, 6) is 2.26. The van der Waals surface area contributed by atoms with Gasteiger partial charge in [0.25, 0.3) is 0 Å². The highest BCUT2D eigenvalue weighted by Gasteiger charge is 2.35. The molecule has 0 aromatic heterocycles. The maximum absolute atomic E-state index is 5.63. The molecule has 0 fully saturated rings. The lowest BCUT2D eigenvalue weighted by atomic mass is 10.3. The number of ether oxygens (including phenoxy) is 3. The lowest BCUT2D eigenvalue weighted by molar-refractivity contribution is 0.379. The van der Waals surface area contributed by atoms with Crippen molar-refractivity contribution in [2.75, 3.05) is 21.3 Å². The van der Waals surface area contributed by atoms with Crippen LogP contribution in [0.4, 0.5) is 0 Å². The second-order valence-corrected chi connectivity index (χ2v) is 9.07. The second-order valence-electron chi connectivity index (χ2n) is 5.18. The SMILES string of the molecule is C=C[Si@](C)(c1ccccc1)c1c(OC)cc(OC)cc1OC. The zero-order chi connectivity index (χ0) is 16.2. The van der Waals surface area contributed by atoms with Gasteiger partial charge >= 0.3 is 0 Å². The summed E-state index contributed by atoms with van der Waals surface area (Å²) >= 11 is 0. The van der Waals surface area contributed by atoms with Crippen LogP contribution >= 0.6 is 0 Å². The van der Waals surface area contributed by atoms with Gasteiger partial charge in [-0.3, -0.25) is 0 Å². The average Bonchev–Trinajstić information content (AvgIpc) is 2.60. The van der Waals surface area contributed by atoms with Crippen molar-refractivity contribution in [3.05, 3.63) is 54.7 Å². The first kappa shape index (κ1) is 16.2. The summed E-state index contributed by atoms with van der Waals surface area (Å²) in [5, 5.41) is 2.33. The van der Waals surface area contributed by atoms with Crippen molar-refractivity contribution in [2.45, 2.75) is 6.55 Å². The topological polar surface area (TPSA) is 27.7 Å². The molecule has 2 aromatic rings. The molecule has 0 heterocycles. The van der Waals surface area contributed by atoms with Crippen LogP contribution in [0, 0.1) is 0 Å². The Kier molecular flexibility index (Phi) is 4.93. The summed E-state index contributed by atoms with van der Waals surface area (Å²) < 4.78 is 16.6. The van der Waals surface area contributed by atoms with E-state index in [9.17, 15) is 0 Å². The van der Waals surface area contributed by atoms with Gasteiger partial charge in [-0.2, -0.15) is 0 Å². The lowest BCUT2D eigenvalue weighted by Crippen LogP contribution is -2.55. The van der Waals surface area contributed by atoms with Gasteiger partial charge in [0.1, 0.15) is 25.3 Å². The minimum absolute atomic E-state index is 0.714. The molecule has 0 N–H and O–H groups in total. The average molecular weight is 314 g/mol. The molecule has 22 heavy (non-hydrogen) atoms. The molecule has 2 rings (SSSR count). The van der Waals surface area contributed by atoms with E-state index in [1.807, 2.05) is 30.3 Å². The van der Waals surface area contributed by atoms with Crippen LogP contribution in [0.2, 0.25) is 6.55 Å². The van der Waals surface area contributed by atoms with Crippen molar-refractivity contribution in [1.82, 2.24) is 0 Å². The fourth-order valence-corrected chi connectivity index (χ4v) is 5.65. The first-order chi connectivity index (χ1) is 10.6. The van der Waals surface area contributed by atoms with E-state index in [1.54, 1.807) is 21.3 Å². The van der Waals surface area contributed by atoms with Gasteiger partial charge in [0.2, 0.25) is 0 Å². The van der Waals surface area contributed by atoms with E-state index < -0.39 is 8.07 Å². The summed E-state index contributed by atoms with van der Waals surface area (Å²) in [6.07, 6.45) is 0. The fourth-order valence-electron chi connectivity index (χ4n) is 2.67. The van der Waals surface area contributed by atoms with Crippen LogP contribution in [0.3, 0.4) is 0 Å². The Morgan fingerprint density at radius 2 is 1.45 bits per heavy atom. The van der Waals surface area contributed by atoms with E-state index in [4.69, 9.17) is 14.2 Å². The molecule has 0 aliphatic rings. The van der Waals surface area contributed by atoms with Crippen LogP contribution in [0.15, 0.2) is 54.7 Å². The maximum atomic E-state index is 5.63. The molecular weight excluding hydrogens is 292 g/mol. The van der Waals surface area contributed by atoms with Crippen LogP contribution in [0.5, 0.6) is 17.2 Å². The molecule has 0 unspecified atom stereocenters. The highest BCUT2D eigenvalue weighted by Crippen LogP contribution is 2.29. The molecule has 0 aliphatic carbocycles. The van der Waals surface area contributed by atoms with Gasteiger partial charge in [0.15, 0.2) is 0 Å². The number of hydrogen-bond donors (Lipinski definition) is 0. The Labute approximate surface area is 133 Å². The molecule has 0 aliphatic heterocycles. The van der Waals surface area contributed by atoms with Crippen LogP contribution < -0.4 is 24.6 Å². The Balaban J connectivity index is 2.75. The first-order valence-corrected chi connectivity index (χ1v) is 9.68. The zero-order valence-corrected chi connectivity index (χ0v) is 14.6. The molecule has 0 spiro atoms. The molecule has 0 bridgehead atoms. The summed E-state index contributed by atoms with van der Waals surface area (Å²) in [4.78, 5) is 0. The van der Waals surface area contributed by atoms with E-state index in [0.717, 1.165) is 16.7 Å². The second kappa shape index (κ2) is 6.71. The van der Waals surface area contributed by atoms with E-state index in [0.29, 0.717) is 5.75 Å². The molecule has 0 radical (unpaired) electrons. The number of benzene rings is 2. The van der Waals surface area contributed by atoms with Gasteiger partial charge in [-0.25, -0.2) is 0 Å². The Bertz CT molecular complexity index is 630. The van der Waals surface area contributed by atoms with Gasteiger partial charge in [-0.15, -0.1) is 6.58 Å². The van der Waals surface area contributed by atoms with Crippen molar-refractivity contribution in [2.24, 2.45) is 0 Å². The Morgan fingerprint density at radius 3 is 1.86 bits per heavy atom.